The maximum absolute atomic E-state index is 13.5. The summed E-state index contributed by atoms with van der Waals surface area (Å²) >= 11 is 5.80. The van der Waals surface area contributed by atoms with Crippen LogP contribution in [0.1, 0.15) is 25.3 Å². The third kappa shape index (κ3) is 3.18. The van der Waals surface area contributed by atoms with E-state index in [4.69, 9.17) is 16.3 Å². The van der Waals surface area contributed by atoms with Crippen molar-refractivity contribution in [3.63, 3.8) is 0 Å². The first-order valence-electron chi connectivity index (χ1n) is 5.83. The standard InChI is InChI=1S/C13H16ClFO2/c1-8-2-5-13(17-8)12(16)7-9-6-10(14)3-4-11(9)15/h3-4,6,8,12-13,16H,2,5,7H2,1H3. The lowest BCUT2D eigenvalue weighted by molar-refractivity contribution is -0.0281. The molecule has 17 heavy (non-hydrogen) atoms. The lowest BCUT2D eigenvalue weighted by atomic mass is 10.0. The molecule has 0 bridgehead atoms. The summed E-state index contributed by atoms with van der Waals surface area (Å²) in [5.41, 5.74) is 0.438. The van der Waals surface area contributed by atoms with Crippen molar-refractivity contribution in [1.29, 1.82) is 0 Å². The minimum Gasteiger partial charge on any atom is -0.390 e. The monoisotopic (exact) mass is 258 g/mol. The largest absolute Gasteiger partial charge is 0.390 e. The molecule has 2 nitrogen and oxygen atoms in total. The Morgan fingerprint density at radius 2 is 2.29 bits per heavy atom. The molecule has 1 aromatic rings. The van der Waals surface area contributed by atoms with Gasteiger partial charge in [0.05, 0.1) is 18.3 Å². The molecule has 3 atom stereocenters. The van der Waals surface area contributed by atoms with Crippen LogP contribution >= 0.6 is 11.6 Å². The second-order valence-corrected chi connectivity index (χ2v) is 5.01. The number of benzene rings is 1. The number of rotatable bonds is 3. The summed E-state index contributed by atoms with van der Waals surface area (Å²) in [6.45, 7) is 1.98. The summed E-state index contributed by atoms with van der Waals surface area (Å²) in [5, 5.41) is 10.5. The fourth-order valence-corrected chi connectivity index (χ4v) is 2.37. The van der Waals surface area contributed by atoms with Crippen LogP contribution in [0.4, 0.5) is 4.39 Å². The summed E-state index contributed by atoms with van der Waals surface area (Å²) in [7, 11) is 0. The number of ether oxygens (including phenoxy) is 1. The van der Waals surface area contributed by atoms with Gasteiger partial charge in [-0.2, -0.15) is 0 Å². The Kier molecular flexibility index (Phi) is 4.02. The van der Waals surface area contributed by atoms with E-state index in [1.807, 2.05) is 6.92 Å². The molecule has 0 aromatic heterocycles. The van der Waals surface area contributed by atoms with Gasteiger partial charge in [-0.3, -0.25) is 0 Å². The molecular weight excluding hydrogens is 243 g/mol. The van der Waals surface area contributed by atoms with Gasteiger partial charge in [0.15, 0.2) is 0 Å². The van der Waals surface area contributed by atoms with E-state index in [1.165, 1.54) is 12.1 Å². The molecule has 1 aromatic carbocycles. The average Bonchev–Trinajstić information content (AvgIpc) is 2.70. The molecule has 1 aliphatic heterocycles. The van der Waals surface area contributed by atoms with Crippen LogP contribution in [0.25, 0.3) is 0 Å². The molecule has 1 N–H and O–H groups in total. The Hall–Kier alpha value is -0.640. The van der Waals surface area contributed by atoms with Gasteiger partial charge in [0.1, 0.15) is 5.82 Å². The molecule has 1 saturated heterocycles. The topological polar surface area (TPSA) is 29.5 Å². The van der Waals surface area contributed by atoms with Crippen LogP contribution < -0.4 is 0 Å². The Bertz CT molecular complexity index is 397. The molecule has 0 amide bonds. The van der Waals surface area contributed by atoms with Crippen molar-refractivity contribution in [2.75, 3.05) is 0 Å². The van der Waals surface area contributed by atoms with E-state index in [-0.39, 0.29) is 24.4 Å². The van der Waals surface area contributed by atoms with E-state index in [9.17, 15) is 9.50 Å². The maximum atomic E-state index is 13.5. The summed E-state index contributed by atoms with van der Waals surface area (Å²) in [6.07, 6.45) is 1.32. The zero-order valence-electron chi connectivity index (χ0n) is 9.70. The number of hydrogen-bond acceptors (Lipinski definition) is 2. The predicted molar refractivity (Wildman–Crippen MR) is 64.7 cm³/mol. The van der Waals surface area contributed by atoms with Crippen LogP contribution in [0.5, 0.6) is 0 Å². The van der Waals surface area contributed by atoms with Crippen LogP contribution in [-0.4, -0.2) is 23.4 Å². The Labute approximate surface area is 105 Å². The molecule has 0 radical (unpaired) electrons. The average molecular weight is 259 g/mol. The van der Waals surface area contributed by atoms with Crippen molar-refractivity contribution in [2.45, 2.75) is 44.5 Å². The van der Waals surface area contributed by atoms with Crippen LogP contribution in [-0.2, 0) is 11.2 Å². The highest BCUT2D eigenvalue weighted by atomic mass is 35.5. The van der Waals surface area contributed by atoms with Gasteiger partial charge in [-0.15, -0.1) is 0 Å². The van der Waals surface area contributed by atoms with Crippen LogP contribution in [0.3, 0.4) is 0 Å². The van der Waals surface area contributed by atoms with Gasteiger partial charge >= 0.3 is 0 Å². The first kappa shape index (κ1) is 12.8. The minimum absolute atomic E-state index is 0.179. The molecule has 1 heterocycles. The summed E-state index contributed by atoms with van der Waals surface area (Å²) in [6, 6.07) is 4.38. The summed E-state index contributed by atoms with van der Waals surface area (Å²) < 4.78 is 19.0. The second-order valence-electron chi connectivity index (χ2n) is 4.57. The van der Waals surface area contributed by atoms with Crippen molar-refractivity contribution in [2.24, 2.45) is 0 Å². The highest BCUT2D eigenvalue weighted by Crippen LogP contribution is 2.25. The lowest BCUT2D eigenvalue weighted by Gasteiger charge is -2.18. The van der Waals surface area contributed by atoms with E-state index in [0.29, 0.717) is 10.6 Å². The molecule has 3 unspecified atom stereocenters. The minimum atomic E-state index is -0.673. The fourth-order valence-electron chi connectivity index (χ4n) is 2.17. The van der Waals surface area contributed by atoms with Crippen molar-refractivity contribution in [1.82, 2.24) is 0 Å². The van der Waals surface area contributed by atoms with Crippen molar-refractivity contribution in [3.8, 4) is 0 Å². The van der Waals surface area contributed by atoms with Gasteiger partial charge in [-0.25, -0.2) is 4.39 Å². The van der Waals surface area contributed by atoms with Gasteiger partial charge in [-0.05, 0) is 43.5 Å². The normalized spacial score (nSPS) is 26.1. The third-order valence-corrected chi connectivity index (χ3v) is 3.37. The van der Waals surface area contributed by atoms with E-state index in [2.05, 4.69) is 0 Å². The van der Waals surface area contributed by atoms with Gasteiger partial charge < -0.3 is 9.84 Å². The highest BCUT2D eigenvalue weighted by molar-refractivity contribution is 6.30. The molecule has 2 rings (SSSR count). The second kappa shape index (κ2) is 5.34. The zero-order chi connectivity index (χ0) is 12.4. The van der Waals surface area contributed by atoms with E-state index in [1.54, 1.807) is 6.07 Å². The fraction of sp³-hybridized carbons (Fsp3) is 0.538. The van der Waals surface area contributed by atoms with Crippen LogP contribution in [0.15, 0.2) is 18.2 Å². The molecule has 0 saturated carbocycles. The molecule has 1 aliphatic rings. The van der Waals surface area contributed by atoms with Gasteiger partial charge in [0.2, 0.25) is 0 Å². The van der Waals surface area contributed by atoms with E-state index >= 15 is 0 Å². The molecule has 1 fully saturated rings. The van der Waals surface area contributed by atoms with Crippen LogP contribution in [0.2, 0.25) is 5.02 Å². The first-order valence-corrected chi connectivity index (χ1v) is 6.21. The first-order chi connectivity index (χ1) is 8.06. The molecule has 0 spiro atoms. The Balaban J connectivity index is 2.02. The van der Waals surface area contributed by atoms with Gasteiger partial charge in [0.25, 0.3) is 0 Å². The Morgan fingerprint density at radius 1 is 1.53 bits per heavy atom. The number of aliphatic hydroxyl groups excluding tert-OH is 1. The SMILES string of the molecule is CC1CCC(C(O)Cc2cc(Cl)ccc2F)O1. The third-order valence-electron chi connectivity index (χ3n) is 3.13. The Morgan fingerprint density at radius 3 is 2.94 bits per heavy atom. The van der Waals surface area contributed by atoms with Crippen molar-refractivity contribution >= 4 is 11.6 Å². The van der Waals surface area contributed by atoms with Crippen LogP contribution in [0, 0.1) is 5.82 Å². The zero-order valence-corrected chi connectivity index (χ0v) is 10.5. The van der Waals surface area contributed by atoms with Gasteiger partial charge in [-0.1, -0.05) is 11.6 Å². The lowest BCUT2D eigenvalue weighted by Crippen LogP contribution is -2.28. The van der Waals surface area contributed by atoms with Crippen molar-refractivity contribution in [3.05, 3.63) is 34.6 Å². The molecular formula is C13H16ClFO2. The van der Waals surface area contributed by atoms with Gasteiger partial charge in [0, 0.05) is 11.4 Å². The molecule has 94 valence electrons. The molecule has 0 aliphatic carbocycles. The number of aliphatic hydroxyl groups is 1. The van der Waals surface area contributed by atoms with Crippen molar-refractivity contribution < 1.29 is 14.2 Å². The molecule has 4 heteroatoms. The quantitative estimate of drug-likeness (QED) is 0.903. The van der Waals surface area contributed by atoms with E-state index in [0.717, 1.165) is 12.8 Å². The number of hydrogen-bond donors (Lipinski definition) is 1. The summed E-state index contributed by atoms with van der Waals surface area (Å²) in [5.74, 6) is -0.334. The maximum Gasteiger partial charge on any atom is 0.126 e. The smallest absolute Gasteiger partial charge is 0.126 e. The van der Waals surface area contributed by atoms with E-state index < -0.39 is 6.10 Å². The highest BCUT2D eigenvalue weighted by Gasteiger charge is 2.28. The predicted octanol–water partition coefficient (Wildman–Crippen LogP) is 2.95. The summed E-state index contributed by atoms with van der Waals surface area (Å²) in [4.78, 5) is 0. The number of halogens is 2.